The van der Waals surface area contributed by atoms with Crippen molar-refractivity contribution in [3.63, 3.8) is 0 Å². The van der Waals surface area contributed by atoms with Crippen LogP contribution in [-0.2, 0) is 0 Å². The third kappa shape index (κ3) is 4.19. The molecule has 8 aromatic carbocycles. The Kier molecular flexibility index (Phi) is 6.17. The molecule has 0 aliphatic heterocycles. The van der Waals surface area contributed by atoms with Crippen molar-refractivity contribution in [2.45, 2.75) is 0 Å². The number of fused-ring (bicyclic) bond motifs is 5. The maximum Gasteiger partial charge on any atom is 0.159 e. The Balaban J connectivity index is 1.44. The van der Waals surface area contributed by atoms with Crippen LogP contribution in [0.1, 0.15) is 0 Å². The molecule has 0 saturated carbocycles. The maximum atomic E-state index is 6.71. The summed E-state index contributed by atoms with van der Waals surface area (Å²) in [7, 11) is 0. The van der Waals surface area contributed by atoms with Crippen LogP contribution in [0.4, 0.5) is 17.1 Å². The molecular weight excluding hydrogens is 558 g/mol. The first kappa shape index (κ1) is 26.3. The number of hydrogen-bond donors (Lipinski definition) is 0. The van der Waals surface area contributed by atoms with Gasteiger partial charge in [0.15, 0.2) is 5.58 Å². The van der Waals surface area contributed by atoms with Crippen LogP contribution >= 0.6 is 0 Å². The van der Waals surface area contributed by atoms with Crippen molar-refractivity contribution < 1.29 is 4.42 Å². The highest BCUT2D eigenvalue weighted by atomic mass is 16.3. The summed E-state index contributed by atoms with van der Waals surface area (Å²) in [4.78, 5) is 2.41. The molecule has 1 aromatic heterocycles. The number of para-hydroxylation sites is 3. The van der Waals surface area contributed by atoms with Crippen LogP contribution in [0.2, 0.25) is 0 Å². The average Bonchev–Trinajstić information content (AvgIpc) is 3.52. The van der Waals surface area contributed by atoms with Gasteiger partial charge in [0.1, 0.15) is 5.58 Å². The monoisotopic (exact) mass is 587 g/mol. The number of anilines is 3. The van der Waals surface area contributed by atoms with Gasteiger partial charge in [0.2, 0.25) is 0 Å². The largest absolute Gasteiger partial charge is 0.454 e. The molecule has 0 atom stereocenters. The molecule has 0 unspecified atom stereocenters. The molecule has 46 heavy (non-hydrogen) atoms. The summed E-state index contributed by atoms with van der Waals surface area (Å²) in [6.45, 7) is 0. The third-order valence-corrected chi connectivity index (χ3v) is 9.06. The highest BCUT2D eigenvalue weighted by Crippen LogP contribution is 2.50. The maximum absolute atomic E-state index is 6.71. The topological polar surface area (TPSA) is 16.4 Å². The summed E-state index contributed by atoms with van der Waals surface area (Å²) in [5, 5.41) is 7.06. The minimum atomic E-state index is 0.864. The lowest BCUT2D eigenvalue weighted by Gasteiger charge is -2.30. The standard InChI is InChI=1S/C44H29NO/c1-2-14-31(15-3-1)34-20-8-10-25-39(34)45(41-26-13-24-38-36-22-9-11-27-42(36)46-44(38)41)40-29-28-32-17-5-7-21-35(32)43(40)37-23-12-18-30-16-4-6-19-33(30)37/h1-29H. The van der Waals surface area contributed by atoms with Gasteiger partial charge in [-0.05, 0) is 56.9 Å². The van der Waals surface area contributed by atoms with Crippen molar-refractivity contribution in [1.29, 1.82) is 0 Å². The van der Waals surface area contributed by atoms with Gasteiger partial charge in [-0.3, -0.25) is 0 Å². The van der Waals surface area contributed by atoms with Crippen LogP contribution < -0.4 is 4.90 Å². The molecule has 2 heteroatoms. The first-order valence-corrected chi connectivity index (χ1v) is 15.7. The van der Waals surface area contributed by atoms with E-state index in [-0.39, 0.29) is 0 Å². The summed E-state index contributed by atoms with van der Waals surface area (Å²) in [5.41, 5.74) is 9.60. The van der Waals surface area contributed by atoms with Crippen molar-refractivity contribution >= 4 is 60.5 Å². The lowest BCUT2D eigenvalue weighted by Crippen LogP contribution is -2.13. The van der Waals surface area contributed by atoms with Crippen LogP contribution in [0.15, 0.2) is 180 Å². The van der Waals surface area contributed by atoms with E-state index in [1.54, 1.807) is 0 Å². The molecule has 0 spiro atoms. The Bertz CT molecular complexity index is 2540. The molecule has 0 fully saturated rings. The van der Waals surface area contributed by atoms with Crippen LogP contribution in [0.3, 0.4) is 0 Å². The van der Waals surface area contributed by atoms with Crippen molar-refractivity contribution in [3.05, 3.63) is 176 Å². The van der Waals surface area contributed by atoms with Crippen LogP contribution in [0.25, 0.3) is 65.7 Å². The zero-order valence-corrected chi connectivity index (χ0v) is 25.1. The van der Waals surface area contributed by atoms with E-state index in [4.69, 9.17) is 4.42 Å². The fraction of sp³-hybridized carbons (Fsp3) is 0. The molecule has 0 amide bonds. The number of hydrogen-bond acceptors (Lipinski definition) is 2. The van der Waals surface area contributed by atoms with Crippen LogP contribution in [0, 0.1) is 0 Å². The Morgan fingerprint density at radius 2 is 0.935 bits per heavy atom. The molecule has 0 radical (unpaired) electrons. The second-order valence-corrected chi connectivity index (χ2v) is 11.7. The fourth-order valence-electron chi connectivity index (χ4n) is 7.00. The predicted molar refractivity (Wildman–Crippen MR) is 194 cm³/mol. The minimum Gasteiger partial charge on any atom is -0.454 e. The first-order chi connectivity index (χ1) is 22.8. The van der Waals surface area contributed by atoms with E-state index < -0.39 is 0 Å². The number of nitrogens with zero attached hydrogens (tertiary/aromatic N) is 1. The number of furan rings is 1. The van der Waals surface area contributed by atoms with Gasteiger partial charge in [0.05, 0.1) is 17.1 Å². The lowest BCUT2D eigenvalue weighted by atomic mass is 9.91. The van der Waals surface area contributed by atoms with Gasteiger partial charge in [0.25, 0.3) is 0 Å². The molecule has 9 rings (SSSR count). The van der Waals surface area contributed by atoms with E-state index in [0.29, 0.717) is 0 Å². The number of benzene rings is 8. The first-order valence-electron chi connectivity index (χ1n) is 15.7. The molecule has 0 bridgehead atoms. The van der Waals surface area contributed by atoms with E-state index in [9.17, 15) is 0 Å². The summed E-state index contributed by atoms with van der Waals surface area (Å²) in [5.74, 6) is 0. The second-order valence-electron chi connectivity index (χ2n) is 11.7. The Labute approximate surface area is 267 Å². The second kappa shape index (κ2) is 10.8. The van der Waals surface area contributed by atoms with Gasteiger partial charge in [-0.2, -0.15) is 0 Å². The normalized spacial score (nSPS) is 11.5. The Morgan fingerprint density at radius 3 is 1.80 bits per heavy atom. The van der Waals surface area contributed by atoms with Crippen molar-refractivity contribution in [1.82, 2.24) is 0 Å². The van der Waals surface area contributed by atoms with Gasteiger partial charge in [0, 0.05) is 21.9 Å². The van der Waals surface area contributed by atoms with Crippen molar-refractivity contribution in [2.75, 3.05) is 4.90 Å². The van der Waals surface area contributed by atoms with Crippen LogP contribution in [-0.4, -0.2) is 0 Å². The number of rotatable bonds is 5. The molecule has 2 nitrogen and oxygen atoms in total. The van der Waals surface area contributed by atoms with Crippen molar-refractivity contribution in [3.8, 4) is 22.3 Å². The molecular formula is C44H29NO. The highest BCUT2D eigenvalue weighted by Gasteiger charge is 2.25. The fourth-order valence-corrected chi connectivity index (χ4v) is 7.00. The molecule has 1 heterocycles. The van der Waals surface area contributed by atoms with Gasteiger partial charge in [-0.1, -0.05) is 152 Å². The molecule has 9 aromatic rings. The zero-order chi connectivity index (χ0) is 30.5. The predicted octanol–water partition coefficient (Wildman–Crippen LogP) is 12.7. The molecule has 216 valence electrons. The lowest BCUT2D eigenvalue weighted by molar-refractivity contribution is 0.669. The molecule has 0 aliphatic carbocycles. The van der Waals surface area contributed by atoms with E-state index in [0.717, 1.165) is 50.1 Å². The highest BCUT2D eigenvalue weighted by molar-refractivity contribution is 6.15. The van der Waals surface area contributed by atoms with Gasteiger partial charge in [-0.15, -0.1) is 0 Å². The summed E-state index contributed by atoms with van der Waals surface area (Å²) in [6, 6.07) is 62.7. The smallest absolute Gasteiger partial charge is 0.159 e. The Morgan fingerprint density at radius 1 is 0.348 bits per heavy atom. The molecule has 0 saturated heterocycles. The summed E-state index contributed by atoms with van der Waals surface area (Å²) < 4.78 is 6.71. The molecule has 0 aliphatic rings. The van der Waals surface area contributed by atoms with Gasteiger partial charge >= 0.3 is 0 Å². The van der Waals surface area contributed by atoms with Crippen LogP contribution in [0.5, 0.6) is 0 Å². The Hall–Kier alpha value is -6.12. The quantitative estimate of drug-likeness (QED) is 0.199. The van der Waals surface area contributed by atoms with E-state index in [1.807, 2.05) is 6.07 Å². The zero-order valence-electron chi connectivity index (χ0n) is 25.1. The molecule has 0 N–H and O–H groups in total. The summed E-state index contributed by atoms with van der Waals surface area (Å²) >= 11 is 0. The van der Waals surface area contributed by atoms with E-state index in [1.165, 1.54) is 32.7 Å². The average molecular weight is 588 g/mol. The van der Waals surface area contributed by atoms with Gasteiger partial charge in [-0.25, -0.2) is 0 Å². The summed E-state index contributed by atoms with van der Waals surface area (Å²) in [6.07, 6.45) is 0. The third-order valence-electron chi connectivity index (χ3n) is 9.06. The van der Waals surface area contributed by atoms with Gasteiger partial charge < -0.3 is 9.32 Å². The van der Waals surface area contributed by atoms with Crippen molar-refractivity contribution in [2.24, 2.45) is 0 Å². The van der Waals surface area contributed by atoms with E-state index in [2.05, 4.69) is 175 Å². The van der Waals surface area contributed by atoms with E-state index >= 15 is 0 Å². The SMILES string of the molecule is c1ccc(-c2ccccc2N(c2ccc3ccccc3c2-c2cccc3ccccc23)c2cccc3c2oc2ccccc23)cc1. The minimum absolute atomic E-state index is 0.864.